The SMILES string of the molecule is CCCC(N)C(CC)OCCOCCCOC. The van der Waals surface area contributed by atoms with Gasteiger partial charge in [0.2, 0.25) is 0 Å². The van der Waals surface area contributed by atoms with Gasteiger partial charge in [-0.05, 0) is 19.3 Å². The molecular weight excluding hydrogens is 218 g/mol. The van der Waals surface area contributed by atoms with Crippen molar-refractivity contribution in [2.75, 3.05) is 33.5 Å². The van der Waals surface area contributed by atoms with E-state index in [2.05, 4.69) is 13.8 Å². The summed E-state index contributed by atoms with van der Waals surface area (Å²) in [6.07, 6.45) is 4.19. The average molecular weight is 247 g/mol. The molecule has 2 atom stereocenters. The van der Waals surface area contributed by atoms with Crippen molar-refractivity contribution in [1.29, 1.82) is 0 Å². The van der Waals surface area contributed by atoms with Crippen LogP contribution in [0.5, 0.6) is 0 Å². The molecule has 0 heterocycles. The molecule has 0 aliphatic heterocycles. The molecule has 0 aromatic rings. The second-order valence-corrected chi connectivity index (χ2v) is 4.23. The van der Waals surface area contributed by atoms with Crippen molar-refractivity contribution in [1.82, 2.24) is 0 Å². The van der Waals surface area contributed by atoms with E-state index in [1.165, 1.54) is 0 Å². The molecule has 0 spiro atoms. The molecule has 2 N–H and O–H groups in total. The highest BCUT2D eigenvalue weighted by molar-refractivity contribution is 4.71. The maximum absolute atomic E-state index is 6.04. The van der Waals surface area contributed by atoms with Gasteiger partial charge < -0.3 is 19.9 Å². The maximum atomic E-state index is 6.04. The molecule has 104 valence electrons. The number of methoxy groups -OCH3 is 1. The van der Waals surface area contributed by atoms with Gasteiger partial charge in [-0.1, -0.05) is 20.3 Å². The standard InChI is InChI=1S/C13H29NO3/c1-4-7-12(14)13(5-2)17-11-10-16-9-6-8-15-3/h12-13H,4-11,14H2,1-3H3. The minimum atomic E-state index is 0.151. The van der Waals surface area contributed by atoms with Crippen LogP contribution in [0.2, 0.25) is 0 Å². The van der Waals surface area contributed by atoms with E-state index in [1.54, 1.807) is 7.11 Å². The van der Waals surface area contributed by atoms with Crippen LogP contribution in [-0.2, 0) is 14.2 Å². The third-order valence-electron chi connectivity index (χ3n) is 2.70. The lowest BCUT2D eigenvalue weighted by Crippen LogP contribution is -2.36. The molecule has 0 aromatic carbocycles. The van der Waals surface area contributed by atoms with Crippen molar-refractivity contribution in [3.63, 3.8) is 0 Å². The minimum absolute atomic E-state index is 0.151. The number of rotatable bonds is 12. The average Bonchev–Trinajstić information content (AvgIpc) is 2.33. The normalized spacial score (nSPS) is 14.8. The van der Waals surface area contributed by atoms with Crippen LogP contribution in [0.25, 0.3) is 0 Å². The van der Waals surface area contributed by atoms with Gasteiger partial charge in [-0.15, -0.1) is 0 Å². The van der Waals surface area contributed by atoms with Gasteiger partial charge in [0.05, 0.1) is 19.3 Å². The van der Waals surface area contributed by atoms with E-state index in [0.29, 0.717) is 13.2 Å². The Kier molecular flexibility index (Phi) is 12.2. The first kappa shape index (κ1) is 16.8. The van der Waals surface area contributed by atoms with Crippen LogP contribution in [0.1, 0.15) is 39.5 Å². The lowest BCUT2D eigenvalue weighted by Gasteiger charge is -2.22. The Morgan fingerprint density at radius 2 is 1.82 bits per heavy atom. The smallest absolute Gasteiger partial charge is 0.0724 e. The molecule has 0 saturated carbocycles. The van der Waals surface area contributed by atoms with Gasteiger partial charge in [-0.3, -0.25) is 0 Å². The van der Waals surface area contributed by atoms with Gasteiger partial charge >= 0.3 is 0 Å². The van der Waals surface area contributed by atoms with Crippen molar-refractivity contribution in [2.24, 2.45) is 5.73 Å². The summed E-state index contributed by atoms with van der Waals surface area (Å²) in [5.74, 6) is 0. The Bertz CT molecular complexity index is 156. The van der Waals surface area contributed by atoms with E-state index in [0.717, 1.165) is 38.9 Å². The fourth-order valence-corrected chi connectivity index (χ4v) is 1.73. The van der Waals surface area contributed by atoms with Gasteiger partial charge in [-0.25, -0.2) is 0 Å². The summed E-state index contributed by atoms with van der Waals surface area (Å²) in [5.41, 5.74) is 6.04. The molecule has 0 saturated heterocycles. The van der Waals surface area contributed by atoms with Crippen molar-refractivity contribution < 1.29 is 14.2 Å². The Hall–Kier alpha value is -0.160. The fraction of sp³-hybridized carbons (Fsp3) is 1.00. The summed E-state index contributed by atoms with van der Waals surface area (Å²) in [6.45, 7) is 7.00. The highest BCUT2D eigenvalue weighted by Crippen LogP contribution is 2.07. The zero-order chi connectivity index (χ0) is 12.9. The summed E-state index contributed by atoms with van der Waals surface area (Å²) in [4.78, 5) is 0. The lowest BCUT2D eigenvalue weighted by atomic mass is 10.1. The van der Waals surface area contributed by atoms with Gasteiger partial charge in [0.15, 0.2) is 0 Å². The van der Waals surface area contributed by atoms with E-state index in [1.807, 2.05) is 0 Å². The largest absolute Gasteiger partial charge is 0.385 e. The van der Waals surface area contributed by atoms with Crippen molar-refractivity contribution in [3.05, 3.63) is 0 Å². The zero-order valence-electron chi connectivity index (χ0n) is 11.6. The van der Waals surface area contributed by atoms with Gasteiger partial charge in [-0.2, -0.15) is 0 Å². The fourth-order valence-electron chi connectivity index (χ4n) is 1.73. The molecular formula is C13H29NO3. The Labute approximate surface area is 106 Å². The molecule has 17 heavy (non-hydrogen) atoms. The molecule has 4 heteroatoms. The Balaban J connectivity index is 3.43. The van der Waals surface area contributed by atoms with E-state index < -0.39 is 0 Å². The second kappa shape index (κ2) is 12.3. The van der Waals surface area contributed by atoms with E-state index in [9.17, 15) is 0 Å². The molecule has 0 aromatic heterocycles. The quantitative estimate of drug-likeness (QED) is 0.536. The summed E-state index contributed by atoms with van der Waals surface area (Å²) >= 11 is 0. The van der Waals surface area contributed by atoms with Crippen LogP contribution < -0.4 is 5.73 Å². The monoisotopic (exact) mass is 247 g/mol. The van der Waals surface area contributed by atoms with E-state index in [4.69, 9.17) is 19.9 Å². The third-order valence-corrected chi connectivity index (χ3v) is 2.70. The molecule has 0 radical (unpaired) electrons. The number of hydrogen-bond acceptors (Lipinski definition) is 4. The van der Waals surface area contributed by atoms with Gasteiger partial charge in [0, 0.05) is 26.4 Å². The van der Waals surface area contributed by atoms with Crippen LogP contribution >= 0.6 is 0 Å². The molecule has 0 aliphatic carbocycles. The highest BCUT2D eigenvalue weighted by atomic mass is 16.5. The third kappa shape index (κ3) is 9.53. The molecule has 0 bridgehead atoms. The van der Waals surface area contributed by atoms with E-state index in [-0.39, 0.29) is 12.1 Å². The molecule has 0 rings (SSSR count). The zero-order valence-corrected chi connectivity index (χ0v) is 11.6. The first-order valence-electron chi connectivity index (χ1n) is 6.70. The van der Waals surface area contributed by atoms with Crippen molar-refractivity contribution >= 4 is 0 Å². The lowest BCUT2D eigenvalue weighted by molar-refractivity contribution is -0.0111. The highest BCUT2D eigenvalue weighted by Gasteiger charge is 2.15. The van der Waals surface area contributed by atoms with Crippen LogP contribution in [0.15, 0.2) is 0 Å². The van der Waals surface area contributed by atoms with Gasteiger partial charge in [0.1, 0.15) is 0 Å². The van der Waals surface area contributed by atoms with Crippen LogP contribution in [0, 0.1) is 0 Å². The predicted octanol–water partition coefficient (Wildman–Crippen LogP) is 1.96. The summed E-state index contributed by atoms with van der Waals surface area (Å²) < 4.78 is 16.1. The van der Waals surface area contributed by atoms with Crippen LogP contribution in [0.3, 0.4) is 0 Å². The Morgan fingerprint density at radius 1 is 1.06 bits per heavy atom. The summed E-state index contributed by atoms with van der Waals surface area (Å²) in [5, 5.41) is 0. The van der Waals surface area contributed by atoms with Crippen LogP contribution in [0.4, 0.5) is 0 Å². The first-order chi connectivity index (χ1) is 8.26. The van der Waals surface area contributed by atoms with Crippen molar-refractivity contribution in [2.45, 2.75) is 51.7 Å². The Morgan fingerprint density at radius 3 is 2.41 bits per heavy atom. The maximum Gasteiger partial charge on any atom is 0.0724 e. The van der Waals surface area contributed by atoms with E-state index >= 15 is 0 Å². The van der Waals surface area contributed by atoms with Crippen LogP contribution in [-0.4, -0.2) is 45.7 Å². The predicted molar refractivity (Wildman–Crippen MR) is 70.2 cm³/mol. The molecule has 2 unspecified atom stereocenters. The number of ether oxygens (including phenoxy) is 3. The topological polar surface area (TPSA) is 53.7 Å². The number of hydrogen-bond donors (Lipinski definition) is 1. The minimum Gasteiger partial charge on any atom is -0.385 e. The van der Waals surface area contributed by atoms with Gasteiger partial charge in [0.25, 0.3) is 0 Å². The molecule has 0 fully saturated rings. The second-order valence-electron chi connectivity index (χ2n) is 4.23. The number of nitrogens with two attached hydrogens (primary N) is 1. The summed E-state index contributed by atoms with van der Waals surface area (Å²) in [7, 11) is 1.70. The molecule has 4 nitrogen and oxygen atoms in total. The molecule has 0 aliphatic rings. The summed E-state index contributed by atoms with van der Waals surface area (Å²) in [6, 6.07) is 0.151. The first-order valence-corrected chi connectivity index (χ1v) is 6.70. The van der Waals surface area contributed by atoms with Crippen molar-refractivity contribution in [3.8, 4) is 0 Å². The molecule has 0 amide bonds.